The molecule has 0 spiro atoms. The molecule has 2 aromatic heterocycles. The summed E-state index contributed by atoms with van der Waals surface area (Å²) in [5, 5.41) is 12.2. The van der Waals surface area contributed by atoms with E-state index in [1.165, 1.54) is 18.5 Å². The maximum Gasteiger partial charge on any atom is 0.185 e. The molecule has 0 amide bonds. The van der Waals surface area contributed by atoms with Gasteiger partial charge in [-0.3, -0.25) is 14.3 Å². The first-order valence-electron chi connectivity index (χ1n) is 7.84. The lowest BCUT2D eigenvalue weighted by Crippen LogP contribution is -2.41. The summed E-state index contributed by atoms with van der Waals surface area (Å²) in [5.41, 5.74) is 10.8. The summed E-state index contributed by atoms with van der Waals surface area (Å²) in [4.78, 5) is 0. The van der Waals surface area contributed by atoms with Crippen molar-refractivity contribution < 1.29 is 0 Å². The third-order valence-electron chi connectivity index (χ3n) is 4.58. The van der Waals surface area contributed by atoms with Crippen molar-refractivity contribution in [1.82, 2.24) is 28.8 Å². The van der Waals surface area contributed by atoms with Gasteiger partial charge in [0.25, 0.3) is 0 Å². The van der Waals surface area contributed by atoms with Crippen LogP contribution in [0.3, 0.4) is 0 Å². The standard InChI is InChI=1S/C15H20BrN7/c1-21-9-11(7-19-21)12-8-20-23-14(12)5-13(22(16)15(23)17)10-3-2-4-18-6-10/h5,7-10,15,18H,2-4,6,17H2,1H3/t10-,15?/m1/s1. The van der Waals surface area contributed by atoms with Gasteiger partial charge in [0.05, 0.1) is 34.2 Å². The number of aromatic nitrogens is 4. The van der Waals surface area contributed by atoms with Gasteiger partial charge in [-0.25, -0.2) is 4.68 Å². The second-order valence-electron chi connectivity index (χ2n) is 6.13. The molecule has 0 aromatic carbocycles. The number of hydrogen-bond donors (Lipinski definition) is 2. The van der Waals surface area contributed by atoms with Crippen LogP contribution in [0.25, 0.3) is 17.2 Å². The third kappa shape index (κ3) is 2.50. The maximum absolute atomic E-state index is 6.38. The Bertz CT molecular complexity index is 741. The highest BCUT2D eigenvalue weighted by Crippen LogP contribution is 2.38. The van der Waals surface area contributed by atoms with Gasteiger partial charge in [0.2, 0.25) is 0 Å². The van der Waals surface area contributed by atoms with E-state index >= 15 is 0 Å². The van der Waals surface area contributed by atoms with Crippen LogP contribution in [0.5, 0.6) is 0 Å². The van der Waals surface area contributed by atoms with E-state index in [1.807, 2.05) is 34.2 Å². The van der Waals surface area contributed by atoms with Crippen LogP contribution in [0.2, 0.25) is 0 Å². The number of nitrogens with two attached hydrogens (primary N) is 1. The molecule has 1 unspecified atom stereocenters. The lowest BCUT2D eigenvalue weighted by atomic mass is 9.94. The van der Waals surface area contributed by atoms with Gasteiger partial charge < -0.3 is 5.32 Å². The smallest absolute Gasteiger partial charge is 0.185 e. The van der Waals surface area contributed by atoms with Gasteiger partial charge in [0.15, 0.2) is 6.29 Å². The number of rotatable bonds is 2. The van der Waals surface area contributed by atoms with E-state index in [0.29, 0.717) is 5.92 Å². The fourth-order valence-corrected chi connectivity index (χ4v) is 3.92. The van der Waals surface area contributed by atoms with Crippen molar-refractivity contribution in [3.63, 3.8) is 0 Å². The van der Waals surface area contributed by atoms with Crippen molar-refractivity contribution in [3.8, 4) is 11.1 Å². The molecule has 2 atom stereocenters. The minimum Gasteiger partial charge on any atom is -0.316 e. The highest BCUT2D eigenvalue weighted by Gasteiger charge is 2.31. The van der Waals surface area contributed by atoms with E-state index in [-0.39, 0.29) is 6.29 Å². The topological polar surface area (TPSA) is 76.9 Å². The first-order chi connectivity index (χ1) is 11.1. The molecule has 0 radical (unpaired) electrons. The molecule has 0 aliphatic carbocycles. The van der Waals surface area contributed by atoms with Gasteiger partial charge in [-0.2, -0.15) is 10.2 Å². The third-order valence-corrected chi connectivity index (χ3v) is 5.41. The molecular formula is C15H20BrN7. The molecule has 1 saturated heterocycles. The Morgan fingerprint density at radius 2 is 2.22 bits per heavy atom. The van der Waals surface area contributed by atoms with Crippen LogP contribution in [0, 0.1) is 5.92 Å². The summed E-state index contributed by atoms with van der Waals surface area (Å²) in [7, 11) is 1.92. The minimum absolute atomic E-state index is 0.350. The fraction of sp³-hybridized carbons (Fsp3) is 0.467. The Kier molecular flexibility index (Phi) is 3.74. The monoisotopic (exact) mass is 377 g/mol. The summed E-state index contributed by atoms with van der Waals surface area (Å²) >= 11 is 3.63. The zero-order valence-electron chi connectivity index (χ0n) is 13.0. The lowest BCUT2D eigenvalue weighted by Gasteiger charge is -2.37. The van der Waals surface area contributed by atoms with E-state index in [0.717, 1.165) is 29.9 Å². The van der Waals surface area contributed by atoms with Crippen LogP contribution in [0.1, 0.15) is 24.8 Å². The number of aryl methyl sites for hydroxylation is 1. The van der Waals surface area contributed by atoms with E-state index in [4.69, 9.17) is 5.73 Å². The molecular weight excluding hydrogens is 358 g/mol. The van der Waals surface area contributed by atoms with Gasteiger partial charge in [-0.15, -0.1) is 0 Å². The average molecular weight is 378 g/mol. The number of halogens is 1. The molecule has 122 valence electrons. The van der Waals surface area contributed by atoms with E-state index in [2.05, 4.69) is 37.7 Å². The first kappa shape index (κ1) is 14.9. The number of hydrogen-bond acceptors (Lipinski definition) is 5. The highest BCUT2D eigenvalue weighted by molar-refractivity contribution is 9.07. The number of fused-ring (bicyclic) bond motifs is 1. The Morgan fingerprint density at radius 3 is 2.91 bits per heavy atom. The molecule has 1 fully saturated rings. The van der Waals surface area contributed by atoms with E-state index in [9.17, 15) is 0 Å². The molecule has 4 rings (SSSR count). The fourth-order valence-electron chi connectivity index (χ4n) is 3.36. The lowest BCUT2D eigenvalue weighted by molar-refractivity contribution is 0.260. The van der Waals surface area contributed by atoms with Crippen LogP contribution >= 0.6 is 16.1 Å². The molecule has 3 N–H and O–H groups in total. The summed E-state index contributed by atoms with van der Waals surface area (Å²) in [6, 6.07) is 0. The van der Waals surface area contributed by atoms with E-state index in [1.54, 1.807) is 4.68 Å². The van der Waals surface area contributed by atoms with Gasteiger partial charge in [0, 0.05) is 42.5 Å². The van der Waals surface area contributed by atoms with Crippen molar-refractivity contribution in [1.29, 1.82) is 0 Å². The SMILES string of the molecule is Cn1cc(-c2cnn3c2C=C([C@@H]2CCCNC2)N(Br)C3N)cn1. The Hall–Kier alpha value is -1.64. The predicted octanol–water partition coefficient (Wildman–Crippen LogP) is 1.66. The maximum atomic E-state index is 6.38. The zero-order chi connectivity index (χ0) is 16.0. The largest absolute Gasteiger partial charge is 0.316 e. The highest BCUT2D eigenvalue weighted by atomic mass is 79.9. The second kappa shape index (κ2) is 5.77. The summed E-state index contributed by atoms with van der Waals surface area (Å²) in [6.07, 6.45) is 9.93. The Balaban J connectivity index is 1.78. The molecule has 8 heteroatoms. The molecule has 23 heavy (non-hydrogen) atoms. The van der Waals surface area contributed by atoms with Crippen molar-refractivity contribution in [2.24, 2.45) is 18.7 Å². The molecule has 2 aliphatic heterocycles. The predicted molar refractivity (Wildman–Crippen MR) is 92.0 cm³/mol. The Morgan fingerprint density at radius 1 is 1.35 bits per heavy atom. The van der Waals surface area contributed by atoms with Crippen LogP contribution in [0.4, 0.5) is 0 Å². The normalized spacial score (nSPS) is 24.5. The quantitative estimate of drug-likeness (QED) is 0.778. The summed E-state index contributed by atoms with van der Waals surface area (Å²) < 4.78 is 5.60. The molecule has 2 aliphatic rings. The van der Waals surface area contributed by atoms with Crippen molar-refractivity contribution in [3.05, 3.63) is 30.0 Å². The molecule has 7 nitrogen and oxygen atoms in total. The van der Waals surface area contributed by atoms with Gasteiger partial charge in [0.1, 0.15) is 0 Å². The van der Waals surface area contributed by atoms with Gasteiger partial charge >= 0.3 is 0 Å². The van der Waals surface area contributed by atoms with Crippen LogP contribution in [0.15, 0.2) is 24.3 Å². The van der Waals surface area contributed by atoms with E-state index < -0.39 is 0 Å². The van der Waals surface area contributed by atoms with Crippen LogP contribution in [-0.4, -0.2) is 36.6 Å². The van der Waals surface area contributed by atoms with Crippen LogP contribution < -0.4 is 11.1 Å². The minimum atomic E-state index is -0.350. The summed E-state index contributed by atoms with van der Waals surface area (Å²) in [6.45, 7) is 2.08. The van der Waals surface area contributed by atoms with Gasteiger partial charge in [-0.1, -0.05) is 0 Å². The number of nitrogens with one attached hydrogen (secondary N) is 1. The molecule has 2 aromatic rings. The first-order valence-corrected chi connectivity index (χ1v) is 8.55. The summed E-state index contributed by atoms with van der Waals surface area (Å²) in [5.74, 6) is 0.458. The number of nitrogens with zero attached hydrogens (tertiary/aromatic N) is 5. The Labute approximate surface area is 143 Å². The zero-order valence-corrected chi connectivity index (χ0v) is 14.6. The number of piperidine rings is 1. The van der Waals surface area contributed by atoms with Crippen molar-refractivity contribution >= 4 is 22.2 Å². The van der Waals surface area contributed by atoms with Crippen LogP contribution in [-0.2, 0) is 7.05 Å². The van der Waals surface area contributed by atoms with Crippen molar-refractivity contribution in [2.75, 3.05) is 13.1 Å². The van der Waals surface area contributed by atoms with Gasteiger partial charge in [-0.05, 0) is 25.5 Å². The molecule has 0 bridgehead atoms. The molecule has 4 heterocycles. The second-order valence-corrected chi connectivity index (χ2v) is 6.89. The molecule has 0 saturated carbocycles. The van der Waals surface area contributed by atoms with Crippen molar-refractivity contribution in [2.45, 2.75) is 19.1 Å². The average Bonchev–Trinajstić information content (AvgIpc) is 3.17.